The second kappa shape index (κ2) is 4.88. The molecule has 1 aromatic heterocycles. The second-order valence-corrected chi connectivity index (χ2v) is 6.16. The molecule has 7 nitrogen and oxygen atoms in total. The monoisotopic (exact) mass is 298 g/mol. The number of ether oxygens (including phenoxy) is 1. The summed E-state index contributed by atoms with van der Waals surface area (Å²) in [5.41, 5.74) is 5.04. The van der Waals surface area contributed by atoms with Gasteiger partial charge in [-0.3, -0.25) is 9.59 Å². The molecule has 0 atom stereocenters. The minimum atomic E-state index is -1.16. The highest BCUT2D eigenvalue weighted by Gasteiger charge is 2.34. The third kappa shape index (κ3) is 2.66. The Labute approximate surface area is 118 Å². The zero-order valence-corrected chi connectivity index (χ0v) is 11.8. The average Bonchev–Trinajstić information content (AvgIpc) is 2.64. The lowest BCUT2D eigenvalue weighted by atomic mass is 9.93. The van der Waals surface area contributed by atoms with Gasteiger partial charge in [0, 0.05) is 11.3 Å². The van der Waals surface area contributed by atoms with Gasteiger partial charge in [-0.15, -0.1) is 11.3 Å². The summed E-state index contributed by atoms with van der Waals surface area (Å²) >= 11 is 1.09. The van der Waals surface area contributed by atoms with Crippen molar-refractivity contribution in [3.05, 3.63) is 16.0 Å². The van der Waals surface area contributed by atoms with Gasteiger partial charge in [0.1, 0.15) is 5.00 Å². The summed E-state index contributed by atoms with van der Waals surface area (Å²) < 4.78 is 5.61. The number of hydrogen-bond acceptors (Lipinski definition) is 5. The Hall–Kier alpha value is -1.93. The van der Waals surface area contributed by atoms with Gasteiger partial charge < -0.3 is 20.9 Å². The molecule has 1 aromatic rings. The van der Waals surface area contributed by atoms with E-state index in [-0.39, 0.29) is 17.2 Å². The highest BCUT2D eigenvalue weighted by atomic mass is 32.1. The quantitative estimate of drug-likeness (QED) is 0.695. The fraction of sp³-hybridized carbons (Fsp3) is 0.417. The van der Waals surface area contributed by atoms with Crippen LogP contribution in [0.2, 0.25) is 0 Å². The molecule has 2 amide bonds. The summed E-state index contributed by atoms with van der Waals surface area (Å²) in [6, 6.07) is 0. The van der Waals surface area contributed by atoms with Crippen molar-refractivity contribution in [3.63, 3.8) is 0 Å². The van der Waals surface area contributed by atoms with Crippen LogP contribution >= 0.6 is 11.3 Å². The predicted octanol–water partition coefficient (Wildman–Crippen LogP) is 0.721. The molecule has 0 radical (unpaired) electrons. The standard InChI is InChI=1S/C12H14N2O5S/c1-12(2)3-5-6(4-19-12)20-10(7(5)11(17)18)14-9(16)8(13)15/h3-4H2,1-2H3,(H2,13,15)(H,14,16)(H,17,18). The van der Waals surface area contributed by atoms with E-state index in [1.807, 2.05) is 13.8 Å². The molecule has 2 rings (SSSR count). The maximum absolute atomic E-state index is 11.4. The van der Waals surface area contributed by atoms with E-state index in [0.29, 0.717) is 12.0 Å². The van der Waals surface area contributed by atoms with Crippen LogP contribution in [0, 0.1) is 0 Å². The molecule has 0 unspecified atom stereocenters. The van der Waals surface area contributed by atoms with E-state index in [2.05, 4.69) is 5.32 Å². The topological polar surface area (TPSA) is 119 Å². The summed E-state index contributed by atoms with van der Waals surface area (Å²) in [6.07, 6.45) is 0.424. The molecule has 0 spiro atoms. The molecule has 4 N–H and O–H groups in total. The van der Waals surface area contributed by atoms with Gasteiger partial charge in [0.25, 0.3) is 0 Å². The van der Waals surface area contributed by atoms with Gasteiger partial charge in [-0.05, 0) is 19.4 Å². The van der Waals surface area contributed by atoms with Crippen LogP contribution in [0.3, 0.4) is 0 Å². The number of fused-ring (bicyclic) bond motifs is 1. The van der Waals surface area contributed by atoms with Crippen LogP contribution < -0.4 is 11.1 Å². The molecule has 108 valence electrons. The number of carbonyl (C=O) groups is 3. The lowest BCUT2D eigenvalue weighted by molar-refractivity contribution is -0.134. The van der Waals surface area contributed by atoms with Crippen molar-refractivity contribution in [1.29, 1.82) is 0 Å². The Morgan fingerprint density at radius 1 is 1.40 bits per heavy atom. The number of amides is 2. The first-order valence-electron chi connectivity index (χ1n) is 5.84. The molecule has 1 aliphatic heterocycles. The van der Waals surface area contributed by atoms with Crippen LogP contribution in [0.15, 0.2) is 0 Å². The molecule has 0 aliphatic carbocycles. The van der Waals surface area contributed by atoms with Crippen LogP contribution in [-0.2, 0) is 27.4 Å². The fourth-order valence-corrected chi connectivity index (χ4v) is 3.15. The SMILES string of the molecule is CC1(C)Cc2c(sc(NC(=O)C(N)=O)c2C(=O)O)CO1. The minimum Gasteiger partial charge on any atom is -0.478 e. The molecule has 20 heavy (non-hydrogen) atoms. The molecule has 8 heteroatoms. The number of anilines is 1. The summed E-state index contributed by atoms with van der Waals surface area (Å²) in [5, 5.41) is 11.7. The van der Waals surface area contributed by atoms with E-state index in [1.54, 1.807) is 0 Å². The highest BCUT2D eigenvalue weighted by Crippen LogP contribution is 2.40. The lowest BCUT2D eigenvalue weighted by Crippen LogP contribution is -2.32. The first-order chi connectivity index (χ1) is 9.21. The summed E-state index contributed by atoms with van der Waals surface area (Å²) in [4.78, 5) is 34.3. The van der Waals surface area contributed by atoms with E-state index in [1.165, 1.54) is 0 Å². The number of nitrogens with one attached hydrogen (secondary N) is 1. The smallest absolute Gasteiger partial charge is 0.339 e. The van der Waals surface area contributed by atoms with Crippen molar-refractivity contribution in [1.82, 2.24) is 0 Å². The Morgan fingerprint density at radius 3 is 2.60 bits per heavy atom. The molecule has 0 saturated heterocycles. The van der Waals surface area contributed by atoms with Crippen molar-refractivity contribution < 1.29 is 24.2 Å². The van der Waals surface area contributed by atoms with Gasteiger partial charge in [-0.1, -0.05) is 0 Å². The maximum Gasteiger partial charge on any atom is 0.339 e. The van der Waals surface area contributed by atoms with E-state index in [0.717, 1.165) is 16.2 Å². The average molecular weight is 298 g/mol. The van der Waals surface area contributed by atoms with Crippen molar-refractivity contribution in [2.24, 2.45) is 5.73 Å². The molecule has 0 bridgehead atoms. The third-order valence-corrected chi connectivity index (χ3v) is 4.07. The minimum absolute atomic E-state index is 0.0102. The molecular formula is C12H14N2O5S. The van der Waals surface area contributed by atoms with Crippen molar-refractivity contribution in [2.45, 2.75) is 32.5 Å². The van der Waals surface area contributed by atoms with Gasteiger partial charge in [-0.2, -0.15) is 0 Å². The van der Waals surface area contributed by atoms with Gasteiger partial charge in [0.15, 0.2) is 0 Å². The zero-order chi connectivity index (χ0) is 15.1. The van der Waals surface area contributed by atoms with Gasteiger partial charge in [-0.25, -0.2) is 4.79 Å². The van der Waals surface area contributed by atoms with Crippen LogP contribution in [0.4, 0.5) is 5.00 Å². The first kappa shape index (κ1) is 14.5. The van der Waals surface area contributed by atoms with E-state index < -0.39 is 23.4 Å². The Bertz CT molecular complexity index is 605. The molecule has 2 heterocycles. The second-order valence-electron chi connectivity index (χ2n) is 5.06. The van der Waals surface area contributed by atoms with E-state index >= 15 is 0 Å². The Kier molecular flexibility index (Phi) is 3.53. The van der Waals surface area contributed by atoms with Gasteiger partial charge >= 0.3 is 17.8 Å². The summed E-state index contributed by atoms with van der Waals surface area (Å²) in [5.74, 6) is -3.35. The number of primary amides is 1. The largest absolute Gasteiger partial charge is 0.478 e. The van der Waals surface area contributed by atoms with Gasteiger partial charge in [0.2, 0.25) is 0 Å². The summed E-state index contributed by atoms with van der Waals surface area (Å²) in [6.45, 7) is 4.00. The molecule has 0 fully saturated rings. The number of hydrogen-bond donors (Lipinski definition) is 3. The third-order valence-electron chi connectivity index (χ3n) is 2.95. The zero-order valence-electron chi connectivity index (χ0n) is 11.0. The van der Waals surface area contributed by atoms with Crippen LogP contribution in [0.25, 0.3) is 0 Å². The number of carboxylic acid groups (broad SMARTS) is 1. The first-order valence-corrected chi connectivity index (χ1v) is 6.65. The normalized spacial score (nSPS) is 16.3. The highest BCUT2D eigenvalue weighted by molar-refractivity contribution is 7.17. The number of rotatable bonds is 2. The van der Waals surface area contributed by atoms with Crippen molar-refractivity contribution in [2.75, 3.05) is 5.32 Å². The van der Waals surface area contributed by atoms with E-state index in [4.69, 9.17) is 10.5 Å². The van der Waals surface area contributed by atoms with Crippen molar-refractivity contribution in [3.8, 4) is 0 Å². The van der Waals surface area contributed by atoms with Gasteiger partial charge in [0.05, 0.1) is 17.8 Å². The molecule has 0 saturated carbocycles. The van der Waals surface area contributed by atoms with Crippen LogP contribution in [0.1, 0.15) is 34.6 Å². The predicted molar refractivity (Wildman–Crippen MR) is 71.7 cm³/mol. The fourth-order valence-electron chi connectivity index (χ4n) is 2.03. The van der Waals surface area contributed by atoms with Crippen molar-refractivity contribution >= 4 is 34.1 Å². The summed E-state index contributed by atoms with van der Waals surface area (Å²) in [7, 11) is 0. The number of thiophene rings is 1. The number of aromatic carboxylic acids is 1. The number of carboxylic acids is 1. The maximum atomic E-state index is 11.4. The van der Waals surface area contributed by atoms with Crippen LogP contribution in [0.5, 0.6) is 0 Å². The number of nitrogens with two attached hydrogens (primary N) is 1. The number of carbonyl (C=O) groups excluding carboxylic acids is 2. The Morgan fingerprint density at radius 2 is 2.05 bits per heavy atom. The van der Waals surface area contributed by atoms with Crippen LogP contribution in [-0.4, -0.2) is 28.5 Å². The lowest BCUT2D eigenvalue weighted by Gasteiger charge is -2.30. The molecular weight excluding hydrogens is 284 g/mol. The Balaban J connectivity index is 2.44. The molecule has 0 aromatic carbocycles. The van der Waals surface area contributed by atoms with E-state index in [9.17, 15) is 19.5 Å². The molecule has 1 aliphatic rings.